The number of para-hydroxylation sites is 1. The van der Waals surface area contributed by atoms with Gasteiger partial charge in [-0.1, -0.05) is 30.2 Å². The number of amides is 3. The third-order valence-electron chi connectivity index (χ3n) is 12.4. The van der Waals surface area contributed by atoms with Gasteiger partial charge in [-0.05, 0) is 42.9 Å². The summed E-state index contributed by atoms with van der Waals surface area (Å²) in [6.45, 7) is 5.66. The number of carbonyl (C=O) groups is 3. The van der Waals surface area contributed by atoms with Crippen molar-refractivity contribution in [3.8, 4) is 23.8 Å². The number of anilines is 2. The van der Waals surface area contributed by atoms with Crippen molar-refractivity contribution in [2.45, 2.75) is 56.7 Å². The van der Waals surface area contributed by atoms with Crippen LogP contribution < -0.4 is 29.9 Å². The summed E-state index contributed by atoms with van der Waals surface area (Å²) >= 11 is 0. The van der Waals surface area contributed by atoms with E-state index in [0.29, 0.717) is 23.8 Å². The molecular formula is C44H50F2N8O5. The van der Waals surface area contributed by atoms with E-state index in [2.05, 4.69) is 53.4 Å². The first-order chi connectivity index (χ1) is 28.6. The Morgan fingerprint density at radius 2 is 1.75 bits per heavy atom. The molecule has 1 unspecified atom stereocenters. The fraction of sp³-hybridized carbons (Fsp3) is 0.455. The second-order valence-electron chi connectivity index (χ2n) is 15.8. The molecule has 0 bridgehead atoms. The minimum Gasteiger partial charge on any atom is -0.496 e. The third-order valence-corrected chi connectivity index (χ3v) is 12.4. The molecule has 0 spiro atoms. The smallest absolute Gasteiger partial charge is 0.270 e. The number of imide groups is 1. The Balaban J connectivity index is 0.879. The van der Waals surface area contributed by atoms with Crippen molar-refractivity contribution in [2.24, 2.45) is 5.92 Å². The predicted molar refractivity (Wildman–Crippen MR) is 220 cm³/mol. The number of aromatic amines is 1. The lowest BCUT2D eigenvalue weighted by Crippen LogP contribution is -2.52. The Morgan fingerprint density at radius 1 is 0.983 bits per heavy atom. The zero-order valence-corrected chi connectivity index (χ0v) is 33.4. The number of alkyl halides is 2. The summed E-state index contributed by atoms with van der Waals surface area (Å²) in [6.07, 6.45) is 8.08. The van der Waals surface area contributed by atoms with Crippen LogP contribution in [0.3, 0.4) is 0 Å². The number of methoxy groups -OCH3 is 2. The maximum atomic E-state index is 14.1. The minimum atomic E-state index is -2.55. The number of nitrogens with one attached hydrogen (secondary N) is 3. The lowest BCUT2D eigenvalue weighted by molar-refractivity contribution is -0.134. The zero-order chi connectivity index (χ0) is 41.2. The van der Waals surface area contributed by atoms with Crippen molar-refractivity contribution >= 4 is 40.0 Å². The monoisotopic (exact) mass is 808 g/mol. The van der Waals surface area contributed by atoms with Gasteiger partial charge in [0.25, 0.3) is 12.3 Å². The summed E-state index contributed by atoms with van der Waals surface area (Å²) in [4.78, 5) is 53.3. The molecule has 59 heavy (non-hydrogen) atoms. The quantitative estimate of drug-likeness (QED) is 0.148. The van der Waals surface area contributed by atoms with Gasteiger partial charge in [0.15, 0.2) is 0 Å². The van der Waals surface area contributed by atoms with Crippen LogP contribution in [-0.4, -0.2) is 123 Å². The van der Waals surface area contributed by atoms with E-state index < -0.39 is 42.9 Å². The molecule has 4 aliphatic heterocycles. The van der Waals surface area contributed by atoms with Crippen LogP contribution in [0, 0.1) is 18.3 Å². The van der Waals surface area contributed by atoms with Crippen LogP contribution in [0.15, 0.2) is 54.7 Å². The number of pyridine rings is 1. The van der Waals surface area contributed by atoms with Gasteiger partial charge in [-0.15, -0.1) is 6.42 Å². The Kier molecular flexibility index (Phi) is 11.7. The molecule has 3 fully saturated rings. The Hall–Kier alpha value is -5.72. The average molecular weight is 809 g/mol. The second kappa shape index (κ2) is 17.2. The zero-order valence-electron chi connectivity index (χ0n) is 33.4. The number of piperidine rings is 2. The summed E-state index contributed by atoms with van der Waals surface area (Å²) in [7, 11) is 3.19. The predicted octanol–water partition coefficient (Wildman–Crippen LogP) is 4.37. The molecule has 3 amide bonds. The van der Waals surface area contributed by atoms with Crippen LogP contribution >= 0.6 is 0 Å². The average Bonchev–Trinajstić information content (AvgIpc) is 3.62. The van der Waals surface area contributed by atoms with E-state index in [1.807, 2.05) is 30.3 Å². The van der Waals surface area contributed by atoms with E-state index >= 15 is 0 Å². The van der Waals surface area contributed by atoms with Gasteiger partial charge in [0.05, 0.1) is 44.7 Å². The standard InChI is InChI=1S/C44H50F2N8O5/c1-4-28-21-32-30-7-5-6-8-33(30)48-41(32)42(54(28)26-39(45)46)31-10-9-29(22-37(31)58-2)52-15-13-27(14-16-52)25-51-17-19-53(20-18-51)36-24-47-35(23-38(36)59-3)44(57)49-34-11-12-40(55)50-43(34)56/h1,5-10,22-24,27-28,34,39,42,48H,11-21,25-26H2,2-3H3,(H,49,57)(H,50,55,56)/t28-,34?,42-/m1/s1. The molecule has 15 heteroatoms. The number of terminal acetylenes is 1. The number of benzene rings is 2. The van der Waals surface area contributed by atoms with Crippen molar-refractivity contribution in [3.63, 3.8) is 0 Å². The van der Waals surface area contributed by atoms with Gasteiger partial charge in [-0.2, -0.15) is 0 Å². The van der Waals surface area contributed by atoms with E-state index in [9.17, 15) is 23.2 Å². The largest absolute Gasteiger partial charge is 0.496 e. The lowest BCUT2D eigenvalue weighted by Gasteiger charge is -2.41. The fourth-order valence-corrected chi connectivity index (χ4v) is 9.26. The highest BCUT2D eigenvalue weighted by atomic mass is 19.3. The van der Waals surface area contributed by atoms with Gasteiger partial charge >= 0.3 is 0 Å². The van der Waals surface area contributed by atoms with Crippen LogP contribution in [0.4, 0.5) is 20.2 Å². The number of nitrogens with zero attached hydrogens (tertiary/aromatic N) is 5. The highest BCUT2D eigenvalue weighted by Crippen LogP contribution is 2.45. The molecule has 2 aromatic carbocycles. The van der Waals surface area contributed by atoms with Crippen LogP contribution in [0.2, 0.25) is 0 Å². The molecule has 8 rings (SSSR count). The number of halogens is 2. The second-order valence-corrected chi connectivity index (χ2v) is 15.8. The van der Waals surface area contributed by atoms with Gasteiger partial charge < -0.3 is 29.6 Å². The van der Waals surface area contributed by atoms with Crippen molar-refractivity contribution in [1.82, 2.24) is 30.4 Å². The van der Waals surface area contributed by atoms with Crippen molar-refractivity contribution < 1.29 is 32.6 Å². The Bertz CT molecular complexity index is 2240. The number of fused-ring (bicyclic) bond motifs is 3. The Labute approximate surface area is 342 Å². The first-order valence-electron chi connectivity index (χ1n) is 20.3. The van der Waals surface area contributed by atoms with E-state index in [4.69, 9.17) is 15.9 Å². The van der Waals surface area contributed by atoms with Crippen molar-refractivity contribution in [2.75, 3.05) is 76.4 Å². The molecule has 0 aliphatic carbocycles. The van der Waals surface area contributed by atoms with E-state index in [1.54, 1.807) is 31.4 Å². The van der Waals surface area contributed by atoms with Gasteiger partial charge in [0.1, 0.15) is 23.2 Å². The van der Waals surface area contributed by atoms with Crippen molar-refractivity contribution in [1.29, 1.82) is 0 Å². The van der Waals surface area contributed by atoms with Gasteiger partial charge in [-0.3, -0.25) is 29.5 Å². The SMILES string of the molecule is C#C[C@@H]1Cc2c([nH]c3ccccc23)[C@@H](c2ccc(N3CCC(CN4CCN(c5cnc(C(=O)NC6CCC(=O)NC6=O)cc5OC)CC4)CC3)cc2OC)N1CC(F)F. The number of ether oxygens (including phenoxy) is 2. The Morgan fingerprint density at radius 3 is 2.46 bits per heavy atom. The highest BCUT2D eigenvalue weighted by Gasteiger charge is 2.40. The number of carbonyl (C=O) groups excluding carboxylic acids is 3. The molecule has 2 aromatic heterocycles. The van der Waals surface area contributed by atoms with Gasteiger partial charge in [0.2, 0.25) is 11.8 Å². The third kappa shape index (κ3) is 8.29. The number of H-pyrrole nitrogens is 1. The molecule has 0 radical (unpaired) electrons. The fourth-order valence-electron chi connectivity index (χ4n) is 9.26. The van der Waals surface area contributed by atoms with Crippen LogP contribution in [0.5, 0.6) is 11.5 Å². The first kappa shape index (κ1) is 40.1. The number of hydrogen-bond acceptors (Lipinski definition) is 10. The van der Waals surface area contributed by atoms with Gasteiger partial charge in [-0.25, -0.2) is 13.8 Å². The van der Waals surface area contributed by atoms with E-state index in [1.165, 1.54) is 0 Å². The summed E-state index contributed by atoms with van der Waals surface area (Å²) in [6, 6.07) is 13.9. The molecule has 6 heterocycles. The lowest BCUT2D eigenvalue weighted by atomic mass is 9.87. The molecule has 3 N–H and O–H groups in total. The number of piperazine rings is 1. The molecule has 0 saturated carbocycles. The molecular weight excluding hydrogens is 759 g/mol. The summed E-state index contributed by atoms with van der Waals surface area (Å²) in [5.74, 6) is 3.16. The van der Waals surface area contributed by atoms with E-state index in [-0.39, 0.29) is 24.4 Å². The normalized spacial score (nSPS) is 21.9. The highest BCUT2D eigenvalue weighted by molar-refractivity contribution is 6.03. The molecule has 310 valence electrons. The first-order valence-corrected chi connectivity index (χ1v) is 20.3. The minimum absolute atomic E-state index is 0.137. The molecule has 13 nitrogen and oxygen atoms in total. The summed E-state index contributed by atoms with van der Waals surface area (Å²) in [5, 5.41) is 5.98. The van der Waals surface area contributed by atoms with Crippen LogP contribution in [-0.2, 0) is 16.0 Å². The molecule has 3 atom stereocenters. The number of hydrogen-bond donors (Lipinski definition) is 3. The van der Waals surface area contributed by atoms with Crippen molar-refractivity contribution in [3.05, 3.63) is 77.2 Å². The topological polar surface area (TPSA) is 135 Å². The van der Waals surface area contributed by atoms with E-state index in [0.717, 1.165) is 97.8 Å². The molecule has 4 aliphatic rings. The molecule has 4 aromatic rings. The maximum Gasteiger partial charge on any atom is 0.270 e. The molecule has 3 saturated heterocycles. The number of aromatic nitrogens is 2. The number of rotatable bonds is 11. The van der Waals surface area contributed by atoms with Gasteiger partial charge in [0, 0.05) is 98.6 Å². The summed E-state index contributed by atoms with van der Waals surface area (Å²) < 4.78 is 39.9. The van der Waals surface area contributed by atoms with Crippen LogP contribution in [0.1, 0.15) is 59.0 Å². The summed E-state index contributed by atoms with van der Waals surface area (Å²) in [5.41, 5.74) is 5.70. The van der Waals surface area contributed by atoms with Crippen LogP contribution in [0.25, 0.3) is 10.9 Å². The maximum absolute atomic E-state index is 14.1.